The summed E-state index contributed by atoms with van der Waals surface area (Å²) in [6, 6.07) is 3.45. The van der Waals surface area contributed by atoms with Crippen molar-refractivity contribution in [2.75, 3.05) is 12.3 Å². The Kier molecular flexibility index (Phi) is 3.76. The molecule has 4 nitrogen and oxygen atoms in total. The molecule has 23 heavy (non-hydrogen) atoms. The Hall–Kier alpha value is -1.80. The zero-order valence-corrected chi connectivity index (χ0v) is 13.1. The van der Waals surface area contributed by atoms with Crippen molar-refractivity contribution in [3.05, 3.63) is 52.7 Å². The number of nitrogens with zero attached hydrogens (tertiary/aromatic N) is 2. The van der Waals surface area contributed by atoms with E-state index in [1.54, 1.807) is 17.2 Å². The molecule has 0 aliphatic carbocycles. The molecular formula is C14H10ClF3N2O2S. The third kappa shape index (κ3) is 3.13. The summed E-state index contributed by atoms with van der Waals surface area (Å²) in [4.78, 5) is 1.60. The Morgan fingerprint density at radius 1 is 1.26 bits per heavy atom. The molecule has 0 radical (unpaired) electrons. The van der Waals surface area contributed by atoms with Gasteiger partial charge in [-0.05, 0) is 29.8 Å². The quantitative estimate of drug-likeness (QED) is 0.770. The zero-order chi connectivity index (χ0) is 16.8. The predicted octanol–water partition coefficient (Wildman–Crippen LogP) is 3.31. The molecule has 0 fully saturated rings. The van der Waals surface area contributed by atoms with Gasteiger partial charge in [0.25, 0.3) is 10.0 Å². The largest absolute Gasteiger partial charge is 0.417 e. The molecule has 0 spiro atoms. The lowest BCUT2D eigenvalue weighted by molar-refractivity contribution is -0.137. The van der Waals surface area contributed by atoms with Gasteiger partial charge in [0.15, 0.2) is 5.84 Å². The molecule has 9 heteroatoms. The second-order valence-electron chi connectivity index (χ2n) is 5.01. The van der Waals surface area contributed by atoms with Crippen molar-refractivity contribution in [3.8, 4) is 0 Å². The van der Waals surface area contributed by atoms with Crippen LogP contribution in [0.5, 0.6) is 0 Å². The van der Waals surface area contributed by atoms with Gasteiger partial charge in [-0.2, -0.15) is 13.2 Å². The average Bonchev–Trinajstić information content (AvgIpc) is 2.45. The lowest BCUT2D eigenvalue weighted by Crippen LogP contribution is -2.37. The van der Waals surface area contributed by atoms with Crippen LogP contribution in [0, 0.1) is 0 Å². The van der Waals surface area contributed by atoms with Gasteiger partial charge in [0.1, 0.15) is 0 Å². The monoisotopic (exact) mass is 362 g/mol. The van der Waals surface area contributed by atoms with Crippen LogP contribution in [0.3, 0.4) is 0 Å². The summed E-state index contributed by atoms with van der Waals surface area (Å²) in [5.41, 5.74) is -0.470. The Balaban J connectivity index is 2.13. The number of halogens is 4. The van der Waals surface area contributed by atoms with Crippen molar-refractivity contribution in [1.82, 2.24) is 4.90 Å². The second-order valence-corrected chi connectivity index (χ2v) is 7.17. The highest BCUT2D eigenvalue weighted by molar-refractivity contribution is 7.90. The van der Waals surface area contributed by atoms with Crippen LogP contribution in [0.15, 0.2) is 40.9 Å². The van der Waals surface area contributed by atoms with Crippen LogP contribution in [-0.4, -0.2) is 31.5 Å². The first-order valence-corrected chi connectivity index (χ1v) is 8.51. The molecular weight excluding hydrogens is 353 g/mol. The summed E-state index contributed by atoms with van der Waals surface area (Å²) >= 11 is 5.61. The molecule has 1 aromatic carbocycles. The number of rotatable bonds is 1. The van der Waals surface area contributed by atoms with Crippen LogP contribution in [0.4, 0.5) is 13.2 Å². The lowest BCUT2D eigenvalue weighted by Gasteiger charge is -2.29. The van der Waals surface area contributed by atoms with Gasteiger partial charge in [-0.1, -0.05) is 17.7 Å². The number of benzene rings is 1. The number of alkyl halides is 3. The van der Waals surface area contributed by atoms with E-state index in [0.717, 1.165) is 12.1 Å². The third-order valence-corrected chi connectivity index (χ3v) is 4.92. The van der Waals surface area contributed by atoms with Gasteiger partial charge in [0.05, 0.1) is 16.3 Å². The van der Waals surface area contributed by atoms with Crippen LogP contribution in [0.1, 0.15) is 11.1 Å². The molecule has 0 N–H and O–H groups in total. The number of amidine groups is 1. The van der Waals surface area contributed by atoms with Gasteiger partial charge in [-0.3, -0.25) is 0 Å². The average molecular weight is 363 g/mol. The van der Waals surface area contributed by atoms with E-state index in [-0.39, 0.29) is 23.7 Å². The highest BCUT2D eigenvalue weighted by Crippen LogP contribution is 2.37. The van der Waals surface area contributed by atoms with Crippen LogP contribution in [-0.2, 0) is 16.2 Å². The first-order chi connectivity index (χ1) is 10.7. The predicted molar refractivity (Wildman–Crippen MR) is 81.5 cm³/mol. The van der Waals surface area contributed by atoms with Gasteiger partial charge in [0, 0.05) is 18.3 Å². The van der Waals surface area contributed by atoms with Crippen LogP contribution < -0.4 is 0 Å². The maximum atomic E-state index is 13.0. The summed E-state index contributed by atoms with van der Waals surface area (Å²) < 4.78 is 66.1. The molecule has 0 atom stereocenters. The molecule has 0 amide bonds. The van der Waals surface area contributed by atoms with Gasteiger partial charge in [-0.25, -0.2) is 8.42 Å². The van der Waals surface area contributed by atoms with Crippen LogP contribution in [0.25, 0.3) is 5.57 Å². The minimum Gasteiger partial charge on any atom is -0.331 e. The summed E-state index contributed by atoms with van der Waals surface area (Å²) in [6.07, 6.45) is 0.198. The fourth-order valence-electron chi connectivity index (χ4n) is 2.35. The van der Waals surface area contributed by atoms with Gasteiger partial charge >= 0.3 is 6.18 Å². The number of hydrogen-bond acceptors (Lipinski definition) is 3. The minimum atomic E-state index is -4.60. The van der Waals surface area contributed by atoms with E-state index in [9.17, 15) is 21.6 Å². The first kappa shape index (κ1) is 16.1. The summed E-state index contributed by atoms with van der Waals surface area (Å²) in [5.74, 6) is -0.0167. The maximum Gasteiger partial charge on any atom is 0.417 e. The van der Waals surface area contributed by atoms with Gasteiger partial charge in [0.2, 0.25) is 0 Å². The standard InChI is InChI=1S/C14H10ClF3N2O2S/c15-12-4-3-9(8-11(12)14(16,17)18)10-2-1-5-20-6-7-23(21,22)19-13(10)20/h1-5,8H,6-7H2. The molecule has 2 aliphatic heterocycles. The fraction of sp³-hybridized carbons (Fsp3) is 0.214. The molecule has 2 heterocycles. The Labute approximate surface area is 135 Å². The van der Waals surface area contributed by atoms with Gasteiger partial charge in [-0.15, -0.1) is 4.40 Å². The van der Waals surface area contributed by atoms with Gasteiger partial charge < -0.3 is 4.90 Å². The summed E-state index contributed by atoms with van der Waals surface area (Å²) in [5, 5.41) is -0.414. The molecule has 0 saturated carbocycles. The highest BCUT2D eigenvalue weighted by atomic mass is 35.5. The van der Waals surface area contributed by atoms with Crippen molar-refractivity contribution in [2.45, 2.75) is 6.18 Å². The Morgan fingerprint density at radius 2 is 2.00 bits per heavy atom. The van der Waals surface area contributed by atoms with E-state index in [2.05, 4.69) is 4.40 Å². The van der Waals surface area contributed by atoms with Crippen LogP contribution in [0.2, 0.25) is 5.02 Å². The van der Waals surface area contributed by atoms with Crippen LogP contribution >= 0.6 is 11.6 Å². The van der Waals surface area contributed by atoms with E-state index in [1.807, 2.05) is 0 Å². The molecule has 122 valence electrons. The number of allylic oxidation sites excluding steroid dienone is 2. The van der Waals surface area contributed by atoms with E-state index in [4.69, 9.17) is 11.6 Å². The Bertz CT molecular complexity index is 857. The van der Waals surface area contributed by atoms with Crippen molar-refractivity contribution >= 4 is 33.0 Å². The highest BCUT2D eigenvalue weighted by Gasteiger charge is 2.34. The second kappa shape index (κ2) is 5.38. The Morgan fingerprint density at radius 3 is 2.70 bits per heavy atom. The van der Waals surface area contributed by atoms with E-state index < -0.39 is 26.8 Å². The third-order valence-electron chi connectivity index (χ3n) is 3.44. The van der Waals surface area contributed by atoms with Crippen molar-refractivity contribution in [2.24, 2.45) is 4.40 Å². The maximum absolute atomic E-state index is 13.0. The fourth-order valence-corrected chi connectivity index (χ4v) is 3.56. The SMILES string of the molecule is O=S1(=O)CCN2C=CC=C(c3ccc(Cl)c(C(F)(F)F)c3)C2=N1. The minimum absolute atomic E-state index is 0.120. The molecule has 3 rings (SSSR count). The first-order valence-electron chi connectivity index (χ1n) is 6.53. The molecule has 0 bridgehead atoms. The van der Waals surface area contributed by atoms with Crippen molar-refractivity contribution in [3.63, 3.8) is 0 Å². The smallest absolute Gasteiger partial charge is 0.331 e. The zero-order valence-electron chi connectivity index (χ0n) is 11.5. The van der Waals surface area contributed by atoms with E-state index >= 15 is 0 Å². The molecule has 0 saturated heterocycles. The summed E-state index contributed by atoms with van der Waals surface area (Å²) in [7, 11) is -3.62. The molecule has 0 unspecified atom stereocenters. The number of fused-ring (bicyclic) bond motifs is 1. The number of sulfonamides is 1. The molecule has 0 aromatic heterocycles. The molecule has 2 aliphatic rings. The summed E-state index contributed by atoms with van der Waals surface area (Å²) in [6.45, 7) is 0.203. The normalized spacial score (nSPS) is 19.9. The van der Waals surface area contributed by atoms with Crippen molar-refractivity contribution < 1.29 is 21.6 Å². The van der Waals surface area contributed by atoms with E-state index in [0.29, 0.717) is 5.57 Å². The number of hydrogen-bond donors (Lipinski definition) is 0. The van der Waals surface area contributed by atoms with E-state index in [1.165, 1.54) is 12.1 Å². The lowest BCUT2D eigenvalue weighted by atomic mass is 9.99. The molecule has 1 aromatic rings. The topological polar surface area (TPSA) is 49.7 Å². The van der Waals surface area contributed by atoms with Crippen molar-refractivity contribution in [1.29, 1.82) is 0 Å².